The van der Waals surface area contributed by atoms with Gasteiger partial charge in [0.25, 0.3) is 5.91 Å². The second-order valence-electron chi connectivity index (χ2n) is 9.44. The van der Waals surface area contributed by atoms with E-state index < -0.39 is 0 Å². The number of hydrogen-bond acceptors (Lipinski definition) is 5. The lowest BCUT2D eigenvalue weighted by Crippen LogP contribution is -2.32. The molecular formula is C27H33Cl2N5O2S. The summed E-state index contributed by atoms with van der Waals surface area (Å²) in [4.78, 5) is 25.8. The lowest BCUT2D eigenvalue weighted by molar-refractivity contribution is -0.113. The monoisotopic (exact) mass is 561 g/mol. The Bertz CT molecular complexity index is 1250. The molecule has 0 aliphatic rings. The quantitative estimate of drug-likeness (QED) is 0.246. The second-order valence-corrected chi connectivity index (χ2v) is 11.2. The summed E-state index contributed by atoms with van der Waals surface area (Å²) in [6, 6.07) is 12.2. The number of nitrogens with zero attached hydrogens (tertiary/aromatic N) is 3. The van der Waals surface area contributed by atoms with Crippen molar-refractivity contribution in [3.05, 3.63) is 69.5 Å². The third kappa shape index (κ3) is 7.72. The van der Waals surface area contributed by atoms with E-state index in [-0.39, 0.29) is 34.5 Å². The Kier molecular flexibility index (Phi) is 10.4. The highest BCUT2D eigenvalue weighted by atomic mass is 35.5. The Morgan fingerprint density at radius 3 is 2.43 bits per heavy atom. The number of hydrogen-bond donors (Lipinski definition) is 2. The topological polar surface area (TPSA) is 88.9 Å². The van der Waals surface area contributed by atoms with Gasteiger partial charge in [-0.25, -0.2) is 0 Å². The molecule has 10 heteroatoms. The molecule has 2 aromatic carbocycles. The number of para-hydroxylation sites is 1. The molecule has 2 N–H and O–H groups in total. The zero-order valence-electron chi connectivity index (χ0n) is 21.7. The number of thioether (sulfide) groups is 1. The fraction of sp³-hybridized carbons (Fsp3) is 0.407. The van der Waals surface area contributed by atoms with Crippen molar-refractivity contribution in [2.24, 2.45) is 5.92 Å². The standard InChI is InChI=1S/C27H33Cl2N5O2S/c1-6-34-25(23(13-16(2)3)31-26(36)20-12-11-18(28)14-21(20)29)32-33-27(34)37-15-24(35)30-22-10-8-7-9-19(22)17(4)5/h7-12,14,16-17,23H,6,13,15H2,1-5H3,(H,30,35)(H,31,36)/t23-/m0/s1. The van der Waals surface area contributed by atoms with Gasteiger partial charge in [0.05, 0.1) is 22.4 Å². The molecular weight excluding hydrogens is 529 g/mol. The molecule has 0 bridgehead atoms. The van der Waals surface area contributed by atoms with Crippen molar-refractivity contribution in [1.82, 2.24) is 20.1 Å². The summed E-state index contributed by atoms with van der Waals surface area (Å²) in [6.45, 7) is 10.9. The largest absolute Gasteiger partial charge is 0.342 e. The van der Waals surface area contributed by atoms with Gasteiger partial charge in [-0.15, -0.1) is 10.2 Å². The molecule has 1 aromatic heterocycles. The number of rotatable bonds is 11. The van der Waals surface area contributed by atoms with E-state index in [9.17, 15) is 9.59 Å². The Hall–Kier alpha value is -2.55. The number of nitrogens with one attached hydrogen (secondary N) is 2. The molecule has 0 saturated heterocycles. The van der Waals surface area contributed by atoms with Crippen LogP contribution in [0.4, 0.5) is 5.69 Å². The Morgan fingerprint density at radius 1 is 1.05 bits per heavy atom. The minimum Gasteiger partial charge on any atom is -0.342 e. The highest BCUT2D eigenvalue weighted by molar-refractivity contribution is 7.99. The number of aromatic nitrogens is 3. The van der Waals surface area contributed by atoms with Gasteiger partial charge in [-0.1, -0.05) is 80.9 Å². The maximum absolute atomic E-state index is 13.1. The van der Waals surface area contributed by atoms with Crippen LogP contribution in [0.1, 0.15) is 74.7 Å². The minimum absolute atomic E-state index is 0.116. The van der Waals surface area contributed by atoms with Crippen molar-refractivity contribution in [1.29, 1.82) is 0 Å². The average molecular weight is 563 g/mol. The van der Waals surface area contributed by atoms with E-state index in [0.29, 0.717) is 40.5 Å². The molecule has 2 amide bonds. The maximum Gasteiger partial charge on any atom is 0.253 e. The summed E-state index contributed by atoms with van der Waals surface area (Å²) in [5, 5.41) is 16.2. The van der Waals surface area contributed by atoms with Crippen molar-refractivity contribution >= 4 is 52.5 Å². The van der Waals surface area contributed by atoms with Crippen LogP contribution >= 0.6 is 35.0 Å². The molecule has 0 aliphatic carbocycles. The van der Waals surface area contributed by atoms with Gasteiger partial charge in [0.2, 0.25) is 5.91 Å². The first-order valence-electron chi connectivity index (χ1n) is 12.3. The van der Waals surface area contributed by atoms with Gasteiger partial charge in [0.1, 0.15) is 0 Å². The lowest BCUT2D eigenvalue weighted by atomic mass is 10.0. The van der Waals surface area contributed by atoms with Crippen LogP contribution in [0.5, 0.6) is 0 Å². The third-order valence-electron chi connectivity index (χ3n) is 5.75. The molecule has 0 saturated carbocycles. The van der Waals surface area contributed by atoms with Crippen molar-refractivity contribution in [2.75, 3.05) is 11.1 Å². The first-order chi connectivity index (χ1) is 17.6. The summed E-state index contributed by atoms with van der Waals surface area (Å²) in [5.74, 6) is 0.987. The number of amides is 2. The maximum atomic E-state index is 13.1. The van der Waals surface area contributed by atoms with Gasteiger partial charge in [-0.2, -0.15) is 0 Å². The Balaban J connectivity index is 1.75. The first-order valence-corrected chi connectivity index (χ1v) is 14.0. The van der Waals surface area contributed by atoms with Gasteiger partial charge < -0.3 is 15.2 Å². The van der Waals surface area contributed by atoms with Crippen LogP contribution < -0.4 is 10.6 Å². The molecule has 198 valence electrons. The molecule has 37 heavy (non-hydrogen) atoms. The summed E-state index contributed by atoms with van der Waals surface area (Å²) < 4.78 is 1.94. The van der Waals surface area contributed by atoms with Gasteiger partial charge in [0.15, 0.2) is 11.0 Å². The van der Waals surface area contributed by atoms with Crippen molar-refractivity contribution < 1.29 is 9.59 Å². The molecule has 1 atom stereocenters. The lowest BCUT2D eigenvalue weighted by Gasteiger charge is -2.21. The molecule has 0 aliphatic heterocycles. The number of anilines is 1. The van der Waals surface area contributed by atoms with Crippen LogP contribution in [-0.4, -0.2) is 32.3 Å². The molecule has 0 unspecified atom stereocenters. The van der Waals surface area contributed by atoms with Gasteiger partial charge in [-0.3, -0.25) is 9.59 Å². The second kappa shape index (κ2) is 13.3. The van der Waals surface area contributed by atoms with Crippen LogP contribution in [0.25, 0.3) is 0 Å². The molecule has 3 rings (SSSR count). The number of carbonyl (C=O) groups excluding carboxylic acids is 2. The number of carbonyl (C=O) groups is 2. The Labute approximate surface area is 232 Å². The number of benzene rings is 2. The highest BCUT2D eigenvalue weighted by Gasteiger charge is 2.25. The third-order valence-corrected chi connectivity index (χ3v) is 7.27. The van der Waals surface area contributed by atoms with E-state index in [2.05, 4.69) is 48.5 Å². The smallest absolute Gasteiger partial charge is 0.253 e. The van der Waals surface area contributed by atoms with Crippen molar-refractivity contribution in [3.63, 3.8) is 0 Å². The summed E-state index contributed by atoms with van der Waals surface area (Å²) >= 11 is 13.6. The van der Waals surface area contributed by atoms with Gasteiger partial charge in [0, 0.05) is 17.3 Å². The van der Waals surface area contributed by atoms with E-state index in [1.54, 1.807) is 18.2 Å². The molecule has 0 fully saturated rings. The first kappa shape index (κ1) is 29.0. The van der Waals surface area contributed by atoms with Crippen molar-refractivity contribution in [3.8, 4) is 0 Å². The van der Waals surface area contributed by atoms with Crippen LogP contribution in [0.3, 0.4) is 0 Å². The normalized spacial score (nSPS) is 12.1. The molecule has 0 spiro atoms. The summed E-state index contributed by atoms with van der Waals surface area (Å²) in [5.41, 5.74) is 2.25. The Morgan fingerprint density at radius 2 is 1.78 bits per heavy atom. The molecule has 7 nitrogen and oxygen atoms in total. The molecule has 3 aromatic rings. The summed E-state index contributed by atoms with van der Waals surface area (Å²) in [7, 11) is 0. The van der Waals surface area contributed by atoms with Gasteiger partial charge >= 0.3 is 0 Å². The van der Waals surface area contributed by atoms with E-state index in [0.717, 1.165) is 11.3 Å². The summed E-state index contributed by atoms with van der Waals surface area (Å²) in [6.07, 6.45) is 0.659. The van der Waals surface area contributed by atoms with E-state index in [1.807, 2.05) is 35.8 Å². The molecule has 1 heterocycles. The zero-order valence-corrected chi connectivity index (χ0v) is 24.0. The van der Waals surface area contributed by atoms with Gasteiger partial charge in [-0.05, 0) is 55.0 Å². The minimum atomic E-state index is -0.382. The molecule has 0 radical (unpaired) electrons. The van der Waals surface area contributed by atoms with Crippen LogP contribution in [-0.2, 0) is 11.3 Å². The van der Waals surface area contributed by atoms with Crippen LogP contribution in [0, 0.1) is 5.92 Å². The predicted molar refractivity (Wildman–Crippen MR) is 152 cm³/mol. The number of halogens is 2. The SMILES string of the molecule is CCn1c(SCC(=O)Nc2ccccc2C(C)C)nnc1[C@H](CC(C)C)NC(=O)c1ccc(Cl)cc1Cl. The van der Waals surface area contributed by atoms with E-state index >= 15 is 0 Å². The fourth-order valence-electron chi connectivity index (χ4n) is 4.00. The fourth-order valence-corrected chi connectivity index (χ4v) is 5.31. The van der Waals surface area contributed by atoms with Crippen molar-refractivity contribution in [2.45, 2.75) is 64.7 Å². The zero-order chi connectivity index (χ0) is 27.1. The highest BCUT2D eigenvalue weighted by Crippen LogP contribution is 2.28. The van der Waals surface area contributed by atoms with E-state index in [1.165, 1.54) is 11.8 Å². The van der Waals surface area contributed by atoms with Crippen LogP contribution in [0.15, 0.2) is 47.6 Å². The predicted octanol–water partition coefficient (Wildman–Crippen LogP) is 6.98. The van der Waals surface area contributed by atoms with Crippen LogP contribution in [0.2, 0.25) is 10.0 Å². The average Bonchev–Trinajstić information content (AvgIpc) is 3.25. The van der Waals surface area contributed by atoms with E-state index in [4.69, 9.17) is 23.2 Å².